The molecule has 19 heavy (non-hydrogen) atoms. The van der Waals surface area contributed by atoms with Gasteiger partial charge in [-0.2, -0.15) is 10.2 Å². The summed E-state index contributed by atoms with van der Waals surface area (Å²) < 4.78 is 0. The largest absolute Gasteiger partial charge is 0.151 e. The first-order valence-electron chi connectivity index (χ1n) is 6.85. The maximum Gasteiger partial charge on any atom is 0.0857 e. The van der Waals surface area contributed by atoms with Crippen molar-refractivity contribution in [1.82, 2.24) is 0 Å². The second kappa shape index (κ2) is 6.83. The molecule has 0 aliphatic heterocycles. The van der Waals surface area contributed by atoms with Crippen LogP contribution in [0.1, 0.15) is 30.9 Å². The van der Waals surface area contributed by atoms with Crippen LogP contribution in [0.3, 0.4) is 0 Å². The van der Waals surface area contributed by atoms with Crippen LogP contribution in [0.2, 0.25) is 0 Å². The van der Waals surface area contributed by atoms with Gasteiger partial charge in [0, 0.05) is 0 Å². The average molecular weight is 252 g/mol. The van der Waals surface area contributed by atoms with E-state index in [1.807, 2.05) is 36.4 Å². The van der Waals surface area contributed by atoms with Crippen molar-refractivity contribution in [3.05, 3.63) is 59.7 Å². The van der Waals surface area contributed by atoms with Gasteiger partial charge >= 0.3 is 0 Å². The van der Waals surface area contributed by atoms with E-state index in [1.165, 1.54) is 24.0 Å². The molecule has 98 valence electrons. The van der Waals surface area contributed by atoms with Crippen LogP contribution in [-0.4, -0.2) is 0 Å². The van der Waals surface area contributed by atoms with Crippen molar-refractivity contribution in [3.63, 3.8) is 0 Å². The van der Waals surface area contributed by atoms with Gasteiger partial charge in [0.25, 0.3) is 0 Å². The number of azo groups is 1. The number of nitrogens with zero attached hydrogens (tertiary/aromatic N) is 2. The van der Waals surface area contributed by atoms with Crippen molar-refractivity contribution < 1.29 is 0 Å². The molecule has 0 amide bonds. The van der Waals surface area contributed by atoms with E-state index in [4.69, 9.17) is 0 Å². The summed E-state index contributed by atoms with van der Waals surface area (Å²) in [5.41, 5.74) is 4.40. The minimum Gasteiger partial charge on any atom is -0.151 e. The third-order valence-electron chi connectivity index (χ3n) is 3.07. The van der Waals surface area contributed by atoms with Crippen LogP contribution in [-0.2, 0) is 6.42 Å². The van der Waals surface area contributed by atoms with E-state index in [0.717, 1.165) is 17.8 Å². The van der Waals surface area contributed by atoms with Gasteiger partial charge in [-0.15, -0.1) is 0 Å². The molecule has 2 nitrogen and oxygen atoms in total. The van der Waals surface area contributed by atoms with Crippen LogP contribution < -0.4 is 0 Å². The summed E-state index contributed by atoms with van der Waals surface area (Å²) in [5, 5.41) is 8.49. The molecule has 0 aliphatic rings. The monoisotopic (exact) mass is 252 g/mol. The quantitative estimate of drug-likeness (QED) is 0.605. The summed E-state index contributed by atoms with van der Waals surface area (Å²) in [6, 6.07) is 16.4. The van der Waals surface area contributed by atoms with E-state index in [0.29, 0.717) is 0 Å². The molecule has 0 unspecified atom stereocenters. The van der Waals surface area contributed by atoms with Crippen molar-refractivity contribution in [2.45, 2.75) is 33.1 Å². The van der Waals surface area contributed by atoms with E-state index >= 15 is 0 Å². The first-order chi connectivity index (χ1) is 9.28. The van der Waals surface area contributed by atoms with Crippen molar-refractivity contribution in [2.24, 2.45) is 10.2 Å². The molecule has 0 aliphatic carbocycles. The van der Waals surface area contributed by atoms with Gasteiger partial charge < -0.3 is 0 Å². The standard InChI is InChI=1S/C17H20N2/c1-3-4-5-15-8-12-17(13-9-15)19-18-16-10-6-14(2)7-11-16/h6-13H,3-5H2,1-2H3. The second-order valence-electron chi connectivity index (χ2n) is 4.81. The smallest absolute Gasteiger partial charge is 0.0857 e. The topological polar surface area (TPSA) is 24.7 Å². The summed E-state index contributed by atoms with van der Waals surface area (Å²) in [5.74, 6) is 0. The third kappa shape index (κ3) is 4.32. The summed E-state index contributed by atoms with van der Waals surface area (Å²) >= 11 is 0. The number of benzene rings is 2. The van der Waals surface area contributed by atoms with Crippen LogP contribution >= 0.6 is 0 Å². The molecule has 2 rings (SSSR count). The molecule has 2 heteroatoms. The maximum absolute atomic E-state index is 4.25. The highest BCUT2D eigenvalue weighted by atomic mass is 15.1. The van der Waals surface area contributed by atoms with Crippen LogP contribution in [0, 0.1) is 6.92 Å². The number of rotatable bonds is 5. The van der Waals surface area contributed by atoms with E-state index in [-0.39, 0.29) is 0 Å². The van der Waals surface area contributed by atoms with Gasteiger partial charge in [-0.25, -0.2) is 0 Å². The molecule has 2 aromatic rings. The zero-order valence-electron chi connectivity index (χ0n) is 11.6. The molecule has 0 heterocycles. The molecular weight excluding hydrogens is 232 g/mol. The van der Waals surface area contributed by atoms with Gasteiger partial charge in [-0.1, -0.05) is 43.2 Å². The first-order valence-corrected chi connectivity index (χ1v) is 6.85. The van der Waals surface area contributed by atoms with E-state index in [2.05, 4.69) is 36.2 Å². The molecule has 0 atom stereocenters. The Kier molecular flexibility index (Phi) is 4.85. The highest BCUT2D eigenvalue weighted by Crippen LogP contribution is 2.19. The summed E-state index contributed by atoms with van der Waals surface area (Å²) in [4.78, 5) is 0. The van der Waals surface area contributed by atoms with Crippen molar-refractivity contribution in [2.75, 3.05) is 0 Å². The summed E-state index contributed by atoms with van der Waals surface area (Å²) in [6.45, 7) is 4.28. The molecule has 0 radical (unpaired) electrons. The van der Waals surface area contributed by atoms with Gasteiger partial charge in [-0.05, 0) is 49.6 Å². The number of hydrogen-bond acceptors (Lipinski definition) is 2. The van der Waals surface area contributed by atoms with Crippen molar-refractivity contribution in [3.8, 4) is 0 Å². The van der Waals surface area contributed by atoms with Crippen molar-refractivity contribution >= 4 is 11.4 Å². The number of unbranched alkanes of at least 4 members (excludes halogenated alkanes) is 1. The van der Waals surface area contributed by atoms with Gasteiger partial charge in [0.15, 0.2) is 0 Å². The lowest BCUT2D eigenvalue weighted by atomic mass is 10.1. The molecule has 0 aromatic heterocycles. The number of aryl methyl sites for hydroxylation is 2. The lowest BCUT2D eigenvalue weighted by molar-refractivity contribution is 0.795. The van der Waals surface area contributed by atoms with Crippen LogP contribution in [0.25, 0.3) is 0 Å². The van der Waals surface area contributed by atoms with Crippen LogP contribution in [0.15, 0.2) is 58.8 Å². The Morgan fingerprint density at radius 2 is 1.32 bits per heavy atom. The first kappa shape index (κ1) is 13.5. The van der Waals surface area contributed by atoms with E-state index in [1.54, 1.807) is 0 Å². The van der Waals surface area contributed by atoms with Gasteiger partial charge in [-0.3, -0.25) is 0 Å². The average Bonchev–Trinajstić information content (AvgIpc) is 2.46. The predicted octanol–water partition coefficient (Wildman–Crippen LogP) is 5.75. The third-order valence-corrected chi connectivity index (χ3v) is 3.07. The Morgan fingerprint density at radius 1 is 0.789 bits per heavy atom. The lowest BCUT2D eigenvalue weighted by Gasteiger charge is -1.99. The zero-order valence-corrected chi connectivity index (χ0v) is 11.6. The van der Waals surface area contributed by atoms with Crippen LogP contribution in [0.4, 0.5) is 11.4 Å². The van der Waals surface area contributed by atoms with Gasteiger partial charge in [0.1, 0.15) is 0 Å². The fourth-order valence-corrected chi connectivity index (χ4v) is 1.84. The molecule has 2 aromatic carbocycles. The summed E-state index contributed by atoms with van der Waals surface area (Å²) in [7, 11) is 0. The summed E-state index contributed by atoms with van der Waals surface area (Å²) in [6.07, 6.45) is 3.62. The van der Waals surface area contributed by atoms with E-state index in [9.17, 15) is 0 Å². The normalized spacial score (nSPS) is 11.1. The molecule has 0 bridgehead atoms. The highest BCUT2D eigenvalue weighted by Gasteiger charge is 1.94. The Hall–Kier alpha value is -1.96. The number of hydrogen-bond donors (Lipinski definition) is 0. The lowest BCUT2D eigenvalue weighted by Crippen LogP contribution is -1.82. The minimum atomic E-state index is 0.889. The highest BCUT2D eigenvalue weighted by molar-refractivity contribution is 5.41. The molecular formula is C17H20N2. The fourth-order valence-electron chi connectivity index (χ4n) is 1.84. The van der Waals surface area contributed by atoms with E-state index < -0.39 is 0 Å². The van der Waals surface area contributed by atoms with Gasteiger partial charge in [0.05, 0.1) is 11.4 Å². The Bertz CT molecular complexity index is 524. The Balaban J connectivity index is 2.00. The Morgan fingerprint density at radius 3 is 1.84 bits per heavy atom. The molecule has 0 saturated heterocycles. The zero-order chi connectivity index (χ0) is 13.5. The van der Waals surface area contributed by atoms with Crippen LogP contribution in [0.5, 0.6) is 0 Å². The predicted molar refractivity (Wildman–Crippen MR) is 80.4 cm³/mol. The molecule has 0 fully saturated rings. The SMILES string of the molecule is CCCCc1ccc(N=Nc2ccc(C)cc2)cc1. The van der Waals surface area contributed by atoms with Gasteiger partial charge in [0.2, 0.25) is 0 Å². The Labute approximate surface area is 115 Å². The molecule has 0 spiro atoms. The molecule has 0 saturated carbocycles. The fraction of sp³-hybridized carbons (Fsp3) is 0.294. The molecule has 0 N–H and O–H groups in total. The maximum atomic E-state index is 4.25. The minimum absolute atomic E-state index is 0.889. The van der Waals surface area contributed by atoms with Crippen molar-refractivity contribution in [1.29, 1.82) is 0 Å². The second-order valence-corrected chi connectivity index (χ2v) is 4.81.